The van der Waals surface area contributed by atoms with Crippen LogP contribution in [0.2, 0.25) is 0 Å². The van der Waals surface area contributed by atoms with Gasteiger partial charge in [0.2, 0.25) is 0 Å². The van der Waals surface area contributed by atoms with Crippen LogP contribution in [-0.2, 0) is 0 Å². The molecule has 6 nitrogen and oxygen atoms in total. The number of nitrogens with two attached hydrogens (primary N) is 1. The monoisotopic (exact) mass is 256 g/mol. The number of piperidine rings is 1. The van der Waals surface area contributed by atoms with Crippen molar-refractivity contribution in [1.82, 2.24) is 10.2 Å². The van der Waals surface area contributed by atoms with E-state index in [1.54, 1.807) is 11.8 Å². The number of likely N-dealkylation sites (tertiary alicyclic amines) is 1. The van der Waals surface area contributed by atoms with Gasteiger partial charge in [-0.25, -0.2) is 4.79 Å². The molecule has 0 aromatic heterocycles. The first-order chi connectivity index (χ1) is 8.42. The quantitative estimate of drug-likeness (QED) is 0.308. The number of carbonyl (C=O) groups is 1. The molecule has 1 rings (SSSR count). The van der Waals surface area contributed by atoms with Crippen molar-refractivity contribution in [3.05, 3.63) is 0 Å². The molecule has 1 fully saturated rings. The van der Waals surface area contributed by atoms with Gasteiger partial charge in [0.05, 0.1) is 5.54 Å². The Morgan fingerprint density at radius 1 is 1.67 bits per heavy atom. The molecule has 18 heavy (non-hydrogen) atoms. The van der Waals surface area contributed by atoms with Gasteiger partial charge in [-0.05, 0) is 32.1 Å². The summed E-state index contributed by atoms with van der Waals surface area (Å²) < 4.78 is 0. The second kappa shape index (κ2) is 5.93. The maximum atomic E-state index is 12.2. The van der Waals surface area contributed by atoms with E-state index in [1.807, 2.05) is 6.92 Å². The molecular formula is C12H24N4O2. The number of amidine groups is 1. The lowest BCUT2D eigenvalue weighted by Gasteiger charge is -2.35. The molecule has 2 unspecified atom stereocenters. The molecule has 0 aliphatic carbocycles. The van der Waals surface area contributed by atoms with Crippen LogP contribution in [0.1, 0.15) is 40.0 Å². The van der Waals surface area contributed by atoms with Crippen LogP contribution in [0, 0.1) is 5.92 Å². The zero-order valence-electron chi connectivity index (χ0n) is 11.4. The Bertz CT molecular complexity index is 332. The number of oxime groups is 1. The van der Waals surface area contributed by atoms with E-state index in [-0.39, 0.29) is 11.9 Å². The first-order valence-electron chi connectivity index (χ1n) is 6.48. The van der Waals surface area contributed by atoms with Gasteiger partial charge < -0.3 is 21.2 Å². The second-order valence-electron chi connectivity index (χ2n) is 5.29. The Kier molecular flexibility index (Phi) is 4.81. The van der Waals surface area contributed by atoms with Gasteiger partial charge in [0.1, 0.15) is 0 Å². The molecule has 0 aromatic carbocycles. The molecule has 1 heterocycles. The maximum absolute atomic E-state index is 12.2. The van der Waals surface area contributed by atoms with Gasteiger partial charge in [-0.1, -0.05) is 19.0 Å². The molecule has 0 saturated carbocycles. The number of urea groups is 1. The lowest BCUT2D eigenvalue weighted by Crippen LogP contribution is -2.59. The average molecular weight is 256 g/mol. The number of hydrogen-bond donors (Lipinski definition) is 3. The molecule has 1 aliphatic rings. The van der Waals surface area contributed by atoms with E-state index >= 15 is 0 Å². The van der Waals surface area contributed by atoms with Crippen molar-refractivity contribution in [3.63, 3.8) is 0 Å². The third-order valence-electron chi connectivity index (χ3n) is 3.71. The van der Waals surface area contributed by atoms with Crippen LogP contribution in [0.5, 0.6) is 0 Å². The molecule has 4 N–H and O–H groups in total. The van der Waals surface area contributed by atoms with Crippen molar-refractivity contribution in [2.75, 3.05) is 13.1 Å². The highest BCUT2D eigenvalue weighted by molar-refractivity contribution is 5.93. The lowest BCUT2D eigenvalue weighted by molar-refractivity contribution is 0.163. The molecule has 2 amide bonds. The molecule has 0 spiro atoms. The molecule has 104 valence electrons. The van der Waals surface area contributed by atoms with E-state index in [0.717, 1.165) is 25.9 Å². The molecule has 1 saturated heterocycles. The Hall–Kier alpha value is -1.46. The van der Waals surface area contributed by atoms with Crippen LogP contribution < -0.4 is 11.1 Å². The van der Waals surface area contributed by atoms with Gasteiger partial charge in [-0.2, -0.15) is 0 Å². The van der Waals surface area contributed by atoms with E-state index < -0.39 is 5.54 Å². The summed E-state index contributed by atoms with van der Waals surface area (Å²) in [6.07, 6.45) is 2.76. The summed E-state index contributed by atoms with van der Waals surface area (Å²) >= 11 is 0. The third kappa shape index (κ3) is 3.27. The molecule has 6 heteroatoms. The lowest BCUT2D eigenvalue weighted by atomic mass is 9.97. The Morgan fingerprint density at radius 2 is 2.33 bits per heavy atom. The summed E-state index contributed by atoms with van der Waals surface area (Å²) in [5.41, 5.74) is 4.83. The van der Waals surface area contributed by atoms with E-state index in [2.05, 4.69) is 17.4 Å². The van der Waals surface area contributed by atoms with Gasteiger partial charge in [-0.15, -0.1) is 0 Å². The fraction of sp³-hybridized carbons (Fsp3) is 0.833. The predicted molar refractivity (Wildman–Crippen MR) is 70.6 cm³/mol. The van der Waals surface area contributed by atoms with Crippen LogP contribution in [0.3, 0.4) is 0 Å². The normalized spacial score (nSPS) is 24.5. The van der Waals surface area contributed by atoms with E-state index in [0.29, 0.717) is 12.3 Å². The van der Waals surface area contributed by atoms with Gasteiger partial charge in [0.25, 0.3) is 0 Å². The van der Waals surface area contributed by atoms with Crippen molar-refractivity contribution in [2.45, 2.75) is 45.6 Å². The highest BCUT2D eigenvalue weighted by atomic mass is 16.4. The van der Waals surface area contributed by atoms with Crippen LogP contribution in [0.15, 0.2) is 5.16 Å². The number of rotatable bonds is 3. The summed E-state index contributed by atoms with van der Waals surface area (Å²) in [6.45, 7) is 7.32. The fourth-order valence-corrected chi connectivity index (χ4v) is 2.13. The standard InChI is InChI=1S/C12H24N4O2/c1-4-12(3,10(13)15-18)14-11(17)16-7-5-6-9(2)8-16/h9,18H,4-8H2,1-3H3,(H2,13,15)(H,14,17). The molecule has 2 atom stereocenters. The van der Waals surface area contributed by atoms with Gasteiger partial charge in [0.15, 0.2) is 5.84 Å². The Labute approximate surface area is 108 Å². The van der Waals surface area contributed by atoms with Gasteiger partial charge in [0, 0.05) is 13.1 Å². The van der Waals surface area contributed by atoms with Crippen molar-refractivity contribution in [2.24, 2.45) is 16.8 Å². The highest BCUT2D eigenvalue weighted by Gasteiger charge is 2.32. The van der Waals surface area contributed by atoms with E-state index in [1.165, 1.54) is 0 Å². The van der Waals surface area contributed by atoms with Gasteiger partial charge >= 0.3 is 6.03 Å². The van der Waals surface area contributed by atoms with Crippen LogP contribution >= 0.6 is 0 Å². The van der Waals surface area contributed by atoms with Crippen molar-refractivity contribution in [3.8, 4) is 0 Å². The summed E-state index contributed by atoms with van der Waals surface area (Å²) in [5, 5.41) is 14.6. The maximum Gasteiger partial charge on any atom is 0.318 e. The van der Waals surface area contributed by atoms with Crippen molar-refractivity contribution < 1.29 is 10.0 Å². The smallest absolute Gasteiger partial charge is 0.318 e. The average Bonchev–Trinajstić information content (AvgIpc) is 2.37. The first kappa shape index (κ1) is 14.6. The topological polar surface area (TPSA) is 91.0 Å². The molecule has 0 bridgehead atoms. The SMILES string of the molecule is CCC(C)(NC(=O)N1CCCC(C)C1)C(N)=NO. The molecular weight excluding hydrogens is 232 g/mol. The summed E-state index contributed by atoms with van der Waals surface area (Å²) in [7, 11) is 0. The van der Waals surface area contributed by atoms with Gasteiger partial charge in [-0.3, -0.25) is 0 Å². The Morgan fingerprint density at radius 3 is 2.83 bits per heavy atom. The predicted octanol–water partition coefficient (Wildman–Crippen LogP) is 1.34. The minimum atomic E-state index is -0.799. The summed E-state index contributed by atoms with van der Waals surface area (Å²) in [4.78, 5) is 14.0. The summed E-state index contributed by atoms with van der Waals surface area (Å²) in [5.74, 6) is 0.560. The minimum absolute atomic E-state index is 0.0309. The third-order valence-corrected chi connectivity index (χ3v) is 3.71. The number of hydrogen-bond acceptors (Lipinski definition) is 3. The fourth-order valence-electron chi connectivity index (χ4n) is 2.13. The number of nitrogens with one attached hydrogen (secondary N) is 1. The highest BCUT2D eigenvalue weighted by Crippen LogP contribution is 2.17. The van der Waals surface area contributed by atoms with Crippen molar-refractivity contribution in [1.29, 1.82) is 0 Å². The summed E-state index contributed by atoms with van der Waals surface area (Å²) in [6, 6.07) is -0.141. The molecule has 0 aromatic rings. The van der Waals surface area contributed by atoms with Crippen molar-refractivity contribution >= 4 is 11.9 Å². The number of nitrogens with zero attached hydrogens (tertiary/aromatic N) is 2. The van der Waals surface area contributed by atoms with E-state index in [9.17, 15) is 4.79 Å². The number of carbonyl (C=O) groups excluding carboxylic acids is 1. The van der Waals surface area contributed by atoms with Crippen LogP contribution in [0.4, 0.5) is 4.79 Å². The zero-order chi connectivity index (χ0) is 13.8. The van der Waals surface area contributed by atoms with E-state index in [4.69, 9.17) is 10.9 Å². The largest absolute Gasteiger partial charge is 0.409 e. The first-order valence-corrected chi connectivity index (χ1v) is 6.48. The second-order valence-corrected chi connectivity index (χ2v) is 5.29. The minimum Gasteiger partial charge on any atom is -0.409 e. The molecule has 0 radical (unpaired) electrons. The molecule has 1 aliphatic heterocycles. The van der Waals surface area contributed by atoms with Crippen LogP contribution in [-0.4, -0.2) is 40.6 Å². The number of amides is 2. The Balaban J connectivity index is 2.67. The van der Waals surface area contributed by atoms with Crippen LogP contribution in [0.25, 0.3) is 0 Å². The zero-order valence-corrected chi connectivity index (χ0v) is 11.4.